The molecule has 2 heterocycles. The first-order valence-corrected chi connectivity index (χ1v) is 14.8. The van der Waals surface area contributed by atoms with E-state index in [4.69, 9.17) is 17.3 Å². The third kappa shape index (κ3) is 5.73. The average Bonchev–Trinajstić information content (AvgIpc) is 3.49. The minimum Gasteiger partial charge on any atom is -0.480 e. The first kappa shape index (κ1) is 28.2. The molecule has 0 spiro atoms. The van der Waals surface area contributed by atoms with Gasteiger partial charge in [-0.15, -0.1) is 0 Å². The van der Waals surface area contributed by atoms with E-state index in [0.717, 1.165) is 55.5 Å². The number of para-hydroxylation sites is 1. The number of aliphatic carboxylic acids is 1. The molecule has 6 rings (SSSR count). The number of thioether (sulfide) groups is 1. The van der Waals surface area contributed by atoms with E-state index in [1.807, 2.05) is 24.3 Å². The van der Waals surface area contributed by atoms with Crippen molar-refractivity contribution < 1.29 is 14.7 Å². The smallest absolute Gasteiger partial charge is 0.323 e. The minimum atomic E-state index is -1.10. The normalized spacial score (nSPS) is 14.7. The Bertz CT molecular complexity index is 2000. The van der Waals surface area contributed by atoms with Crippen molar-refractivity contribution in [3.8, 4) is 16.8 Å². The Hall–Kier alpha value is -4.98. The van der Waals surface area contributed by atoms with Crippen LogP contribution in [0, 0.1) is 0 Å². The highest BCUT2D eigenvalue weighted by molar-refractivity contribution is 8.26. The Balaban J connectivity index is 1.25. The number of allylic oxidation sites excluding steroid dienone is 4. The Kier molecular flexibility index (Phi) is 7.92. The van der Waals surface area contributed by atoms with Gasteiger partial charge < -0.3 is 9.67 Å². The number of carbonyl (C=O) groups excluding carboxylic acids is 1. The van der Waals surface area contributed by atoms with Crippen molar-refractivity contribution in [2.45, 2.75) is 0 Å². The van der Waals surface area contributed by atoms with Crippen LogP contribution in [0.2, 0.25) is 0 Å². The molecule has 210 valence electrons. The van der Waals surface area contributed by atoms with Crippen molar-refractivity contribution in [3.05, 3.63) is 138 Å². The van der Waals surface area contributed by atoms with Gasteiger partial charge in [-0.2, -0.15) is 0 Å². The van der Waals surface area contributed by atoms with Crippen LogP contribution in [-0.4, -0.2) is 37.3 Å². The Morgan fingerprint density at radius 1 is 0.837 bits per heavy atom. The molecule has 1 aliphatic heterocycles. The lowest BCUT2D eigenvalue weighted by atomic mass is 10.0. The number of nitrogens with zero attached hydrogens (tertiary/aromatic N) is 2. The number of amides is 1. The fourth-order valence-corrected chi connectivity index (χ4v) is 6.35. The summed E-state index contributed by atoms with van der Waals surface area (Å²) in [5, 5.41) is 11.3. The molecule has 1 amide bonds. The Morgan fingerprint density at radius 2 is 1.51 bits per heavy atom. The lowest BCUT2D eigenvalue weighted by molar-refractivity contribution is -0.140. The van der Waals surface area contributed by atoms with E-state index in [-0.39, 0.29) is 10.2 Å². The number of fused-ring (bicyclic) bond motifs is 3. The molecule has 5 aromatic rings. The number of carbonyl (C=O) groups is 2. The molecule has 0 bridgehead atoms. The number of aromatic nitrogens is 1. The third-order valence-corrected chi connectivity index (χ3v) is 8.62. The Morgan fingerprint density at radius 3 is 2.23 bits per heavy atom. The van der Waals surface area contributed by atoms with Gasteiger partial charge in [0.25, 0.3) is 5.91 Å². The second-order valence-electron chi connectivity index (χ2n) is 9.93. The van der Waals surface area contributed by atoms with E-state index in [0.29, 0.717) is 4.91 Å². The molecule has 1 N–H and O–H groups in total. The molecule has 1 aromatic heterocycles. The number of carboxylic acid groups (broad SMARTS) is 1. The van der Waals surface area contributed by atoms with Gasteiger partial charge in [0.05, 0.1) is 15.9 Å². The second kappa shape index (κ2) is 12.1. The number of hydrogen-bond acceptors (Lipinski definition) is 4. The molecule has 43 heavy (non-hydrogen) atoms. The molecule has 0 atom stereocenters. The molecule has 7 heteroatoms. The van der Waals surface area contributed by atoms with Crippen LogP contribution in [0.15, 0.2) is 127 Å². The van der Waals surface area contributed by atoms with Gasteiger partial charge in [0.1, 0.15) is 10.9 Å². The van der Waals surface area contributed by atoms with E-state index in [1.54, 1.807) is 12.2 Å². The first-order chi connectivity index (χ1) is 20.9. The van der Waals surface area contributed by atoms with Gasteiger partial charge in [0.15, 0.2) is 0 Å². The predicted molar refractivity (Wildman–Crippen MR) is 182 cm³/mol. The maximum atomic E-state index is 12.4. The van der Waals surface area contributed by atoms with Crippen LogP contribution in [-0.2, 0) is 9.59 Å². The van der Waals surface area contributed by atoms with Gasteiger partial charge in [-0.3, -0.25) is 14.5 Å². The summed E-state index contributed by atoms with van der Waals surface area (Å²) in [5.74, 6) is -1.48. The summed E-state index contributed by atoms with van der Waals surface area (Å²) in [4.78, 5) is 24.9. The van der Waals surface area contributed by atoms with Crippen molar-refractivity contribution >= 4 is 74.1 Å². The summed E-state index contributed by atoms with van der Waals surface area (Å²) >= 11 is 6.25. The maximum absolute atomic E-state index is 12.4. The standard InChI is InChI=1S/C36H26N2O3S2/c1-2-24-12-15-26(16-13-24)27-17-19-28(20-18-27)38-31-10-7-6-9-29(31)30-22-25(14-21-32(30)38)8-4-3-5-11-33-35(41)37(23-34(39)40)36(42)43-33/h2-22H,1,23H2,(H,39,40)/b5-3+,8-4+,33-11-. The van der Waals surface area contributed by atoms with Gasteiger partial charge in [0, 0.05) is 16.5 Å². The van der Waals surface area contributed by atoms with Crippen molar-refractivity contribution in [2.24, 2.45) is 0 Å². The van der Waals surface area contributed by atoms with Crippen LogP contribution in [0.1, 0.15) is 11.1 Å². The third-order valence-electron chi connectivity index (χ3n) is 7.23. The molecule has 1 saturated heterocycles. The topological polar surface area (TPSA) is 62.5 Å². The summed E-state index contributed by atoms with van der Waals surface area (Å²) in [5.41, 5.74) is 7.83. The van der Waals surface area contributed by atoms with Gasteiger partial charge in [-0.1, -0.05) is 122 Å². The molecule has 4 aromatic carbocycles. The zero-order valence-corrected chi connectivity index (χ0v) is 24.6. The van der Waals surface area contributed by atoms with E-state index in [2.05, 4.69) is 102 Å². The first-order valence-electron chi connectivity index (χ1n) is 13.6. The lowest BCUT2D eigenvalue weighted by Gasteiger charge is -2.10. The molecule has 0 saturated carbocycles. The fourth-order valence-electron chi connectivity index (χ4n) is 5.15. The van der Waals surface area contributed by atoms with E-state index in [9.17, 15) is 9.59 Å². The van der Waals surface area contributed by atoms with Gasteiger partial charge in [0.2, 0.25) is 0 Å². The molecule has 5 nitrogen and oxygen atoms in total. The average molecular weight is 599 g/mol. The number of thiocarbonyl (C=S) groups is 1. The molecular formula is C36H26N2O3S2. The SMILES string of the molecule is C=Cc1ccc(-c2ccc(-n3c4ccccc4c4cc(/C=C/C=C/C=C5\SC(=S)N(CC(=O)O)C5=O)ccc43)cc2)cc1. The molecule has 1 fully saturated rings. The number of rotatable bonds is 8. The zero-order chi connectivity index (χ0) is 29.9. The largest absolute Gasteiger partial charge is 0.480 e. The van der Waals surface area contributed by atoms with Gasteiger partial charge in [-0.05, 0) is 58.7 Å². The fraction of sp³-hybridized carbons (Fsp3) is 0.0278. The summed E-state index contributed by atoms with van der Waals surface area (Å²) < 4.78 is 2.55. The van der Waals surface area contributed by atoms with Crippen LogP contribution in [0.5, 0.6) is 0 Å². The monoisotopic (exact) mass is 598 g/mol. The Labute approximate surface area is 258 Å². The van der Waals surface area contributed by atoms with Crippen molar-refractivity contribution in [1.82, 2.24) is 9.47 Å². The highest BCUT2D eigenvalue weighted by atomic mass is 32.2. The zero-order valence-electron chi connectivity index (χ0n) is 23.0. The van der Waals surface area contributed by atoms with Crippen LogP contribution >= 0.6 is 24.0 Å². The van der Waals surface area contributed by atoms with Crippen LogP contribution in [0.4, 0.5) is 0 Å². The highest BCUT2D eigenvalue weighted by Crippen LogP contribution is 2.34. The van der Waals surface area contributed by atoms with Crippen LogP contribution < -0.4 is 0 Å². The number of hydrogen-bond donors (Lipinski definition) is 1. The van der Waals surface area contributed by atoms with Crippen molar-refractivity contribution in [3.63, 3.8) is 0 Å². The summed E-state index contributed by atoms with van der Waals surface area (Å²) in [7, 11) is 0. The number of benzene rings is 4. The molecule has 1 aliphatic rings. The lowest BCUT2D eigenvalue weighted by Crippen LogP contribution is -2.33. The van der Waals surface area contributed by atoms with Gasteiger partial charge >= 0.3 is 5.97 Å². The van der Waals surface area contributed by atoms with Gasteiger partial charge in [-0.25, -0.2) is 0 Å². The van der Waals surface area contributed by atoms with Crippen molar-refractivity contribution in [1.29, 1.82) is 0 Å². The molecular weight excluding hydrogens is 573 g/mol. The predicted octanol–water partition coefficient (Wildman–Crippen LogP) is 8.49. The van der Waals surface area contributed by atoms with Crippen LogP contribution in [0.25, 0.3) is 50.8 Å². The van der Waals surface area contributed by atoms with Crippen molar-refractivity contribution in [2.75, 3.05) is 6.54 Å². The van der Waals surface area contributed by atoms with Crippen LogP contribution in [0.3, 0.4) is 0 Å². The van der Waals surface area contributed by atoms with E-state index in [1.165, 1.54) is 10.9 Å². The van der Waals surface area contributed by atoms with E-state index < -0.39 is 12.5 Å². The summed E-state index contributed by atoms with van der Waals surface area (Å²) in [6.07, 6.45) is 11.0. The molecule has 0 radical (unpaired) electrons. The molecule has 0 aliphatic carbocycles. The number of carboxylic acids is 1. The molecule has 0 unspecified atom stereocenters. The summed E-state index contributed by atoms with van der Waals surface area (Å²) in [6, 6.07) is 31.9. The highest BCUT2D eigenvalue weighted by Gasteiger charge is 2.32. The maximum Gasteiger partial charge on any atom is 0.323 e. The second-order valence-corrected chi connectivity index (χ2v) is 11.6. The summed E-state index contributed by atoms with van der Waals surface area (Å²) in [6.45, 7) is 3.41. The quantitative estimate of drug-likeness (QED) is 0.110. The minimum absolute atomic E-state index is 0.254. The van der Waals surface area contributed by atoms with E-state index >= 15 is 0 Å².